The fraction of sp³-hybridized carbons (Fsp3) is 0.0690. The maximum Gasteiger partial charge on any atom is 0.187 e. The van der Waals surface area contributed by atoms with Crippen LogP contribution < -0.4 is 9.80 Å². The van der Waals surface area contributed by atoms with Crippen LogP contribution in [0.25, 0.3) is 59.4 Å². The molecule has 0 aliphatic rings. The molecule has 0 bridgehead atoms. The Bertz CT molecular complexity index is 3420. The number of aryl methyl sites for hydroxylation is 4. The second-order valence-corrected chi connectivity index (χ2v) is 16.8. The van der Waals surface area contributed by atoms with Gasteiger partial charge in [-0.1, -0.05) is 96.1 Å². The van der Waals surface area contributed by atoms with Crippen LogP contribution >= 0.6 is 0 Å². The molecule has 0 spiro atoms. The molecule has 0 aliphatic heterocycles. The molecule has 0 saturated heterocycles. The molecule has 0 aliphatic carbocycles. The molecule has 10 aromatic carbocycles. The Morgan fingerprint density at radius 1 is 0.439 bits per heavy atom. The highest BCUT2D eigenvalue weighted by molar-refractivity contribution is 6.28. The van der Waals surface area contributed by atoms with Crippen molar-refractivity contribution in [3.05, 3.63) is 220 Å². The van der Waals surface area contributed by atoms with Crippen molar-refractivity contribution in [1.82, 2.24) is 0 Å². The molecule has 318 valence electrons. The van der Waals surface area contributed by atoms with Crippen molar-refractivity contribution in [3.8, 4) is 28.3 Å². The zero-order valence-electron chi connectivity index (χ0n) is 36.3. The van der Waals surface area contributed by atoms with Gasteiger partial charge in [0.05, 0.1) is 41.0 Å². The molecule has 10 aromatic rings. The van der Waals surface area contributed by atoms with Crippen molar-refractivity contribution in [2.45, 2.75) is 27.7 Å². The van der Waals surface area contributed by atoms with Gasteiger partial charge in [-0.05, 0) is 132 Å². The van der Waals surface area contributed by atoms with Crippen molar-refractivity contribution < 1.29 is 17.6 Å². The number of rotatable bonds is 8. The lowest BCUT2D eigenvalue weighted by atomic mass is 9.91. The molecular formula is C58H38F4N4. The number of nitrogens with zero attached hydrogens (tertiary/aromatic N) is 4. The fourth-order valence-electron chi connectivity index (χ4n) is 9.22. The summed E-state index contributed by atoms with van der Waals surface area (Å²) in [5, 5.41) is 14.5. The van der Waals surface area contributed by atoms with E-state index in [1.54, 1.807) is 58.3 Å². The van der Waals surface area contributed by atoms with Crippen LogP contribution in [0.2, 0.25) is 0 Å². The zero-order chi connectivity index (χ0) is 46.0. The first-order valence-corrected chi connectivity index (χ1v) is 21.3. The lowest BCUT2D eigenvalue weighted by Crippen LogP contribution is -2.14. The number of anilines is 6. The SMILES string of the molecule is [C-]#[N+]c1ccc(N(c2cc(F)c(-c3cc(C)ccc3C)cc2F)c2ccc3ccc4c(N(c5ccc(C#N)cc5)c5cc(F)c(-c6cc(C)ccc6C)cc5F)ccc5ccc2c3c54)cc1. The summed E-state index contributed by atoms with van der Waals surface area (Å²) >= 11 is 0. The number of halogens is 4. The molecule has 10 rings (SSSR count). The van der Waals surface area contributed by atoms with Gasteiger partial charge in [0.1, 0.15) is 23.3 Å². The predicted octanol–water partition coefficient (Wildman–Crippen LogP) is 17.1. The minimum atomic E-state index is -0.651. The van der Waals surface area contributed by atoms with Crippen LogP contribution in [0.4, 0.5) is 57.4 Å². The molecule has 0 heterocycles. The van der Waals surface area contributed by atoms with Gasteiger partial charge in [-0.3, -0.25) is 0 Å². The molecule has 0 amide bonds. The van der Waals surface area contributed by atoms with E-state index in [0.717, 1.165) is 49.2 Å². The average molecular weight is 867 g/mol. The lowest BCUT2D eigenvalue weighted by Gasteiger charge is -2.30. The normalized spacial score (nSPS) is 11.3. The third-order valence-corrected chi connectivity index (χ3v) is 12.5. The van der Waals surface area contributed by atoms with Gasteiger partial charge in [-0.25, -0.2) is 22.4 Å². The highest BCUT2D eigenvalue weighted by Gasteiger charge is 2.27. The summed E-state index contributed by atoms with van der Waals surface area (Å²) in [5.74, 6) is -2.50. The van der Waals surface area contributed by atoms with E-state index in [9.17, 15) is 5.26 Å². The van der Waals surface area contributed by atoms with Crippen molar-refractivity contribution in [3.63, 3.8) is 0 Å². The van der Waals surface area contributed by atoms with Crippen LogP contribution in [0.15, 0.2) is 158 Å². The summed E-state index contributed by atoms with van der Waals surface area (Å²) in [6.07, 6.45) is 0. The maximum absolute atomic E-state index is 16.9. The van der Waals surface area contributed by atoms with E-state index in [4.69, 9.17) is 6.57 Å². The van der Waals surface area contributed by atoms with Crippen molar-refractivity contribution in [2.24, 2.45) is 0 Å². The van der Waals surface area contributed by atoms with Gasteiger partial charge in [-0.2, -0.15) is 5.26 Å². The van der Waals surface area contributed by atoms with E-state index < -0.39 is 23.3 Å². The number of hydrogen-bond donors (Lipinski definition) is 0. The third-order valence-electron chi connectivity index (χ3n) is 12.5. The zero-order valence-corrected chi connectivity index (χ0v) is 36.3. The first-order chi connectivity index (χ1) is 31.9. The van der Waals surface area contributed by atoms with E-state index in [2.05, 4.69) is 10.9 Å². The highest BCUT2D eigenvalue weighted by Crippen LogP contribution is 2.49. The van der Waals surface area contributed by atoms with E-state index in [1.807, 2.05) is 113 Å². The number of nitriles is 1. The Morgan fingerprint density at radius 3 is 1.29 bits per heavy atom. The maximum atomic E-state index is 16.9. The van der Waals surface area contributed by atoms with Gasteiger partial charge in [0, 0.05) is 45.4 Å². The first kappa shape index (κ1) is 41.5. The molecule has 0 atom stereocenters. The predicted molar refractivity (Wildman–Crippen MR) is 260 cm³/mol. The lowest BCUT2D eigenvalue weighted by molar-refractivity contribution is 0.604. The van der Waals surface area contributed by atoms with Gasteiger partial charge in [-0.15, -0.1) is 0 Å². The molecule has 4 nitrogen and oxygen atoms in total. The molecule has 8 heteroatoms. The van der Waals surface area contributed by atoms with Crippen LogP contribution in [0.3, 0.4) is 0 Å². The van der Waals surface area contributed by atoms with Crippen LogP contribution in [0.5, 0.6) is 0 Å². The Labute approximate surface area is 379 Å². The van der Waals surface area contributed by atoms with Gasteiger partial charge in [0.15, 0.2) is 5.69 Å². The highest BCUT2D eigenvalue weighted by atomic mass is 19.1. The van der Waals surface area contributed by atoms with Crippen LogP contribution in [0, 0.1) is 68.9 Å². The largest absolute Gasteiger partial charge is 0.307 e. The molecule has 0 fully saturated rings. The summed E-state index contributed by atoms with van der Waals surface area (Å²) in [6.45, 7) is 15.1. The summed E-state index contributed by atoms with van der Waals surface area (Å²) in [4.78, 5) is 6.90. The van der Waals surface area contributed by atoms with Crippen LogP contribution in [-0.2, 0) is 0 Å². The van der Waals surface area contributed by atoms with E-state index in [-0.39, 0.29) is 22.5 Å². The van der Waals surface area contributed by atoms with Crippen LogP contribution in [0.1, 0.15) is 27.8 Å². The van der Waals surface area contributed by atoms with Gasteiger partial charge in [0.2, 0.25) is 0 Å². The molecule has 0 radical (unpaired) electrons. The second kappa shape index (κ2) is 16.3. The summed E-state index contributed by atoms with van der Waals surface area (Å²) in [7, 11) is 0. The van der Waals surface area contributed by atoms with E-state index in [0.29, 0.717) is 50.5 Å². The van der Waals surface area contributed by atoms with Crippen molar-refractivity contribution in [2.75, 3.05) is 9.80 Å². The Kier molecular flexibility index (Phi) is 10.2. The quantitative estimate of drug-likeness (QED) is 0.0867. The molecule has 0 N–H and O–H groups in total. The summed E-state index contributed by atoms with van der Waals surface area (Å²) < 4.78 is 66.8. The Morgan fingerprint density at radius 2 is 0.864 bits per heavy atom. The minimum absolute atomic E-state index is 0.0263. The third kappa shape index (κ3) is 7.01. The van der Waals surface area contributed by atoms with E-state index in [1.165, 1.54) is 24.3 Å². The number of hydrogen-bond acceptors (Lipinski definition) is 3. The topological polar surface area (TPSA) is 34.6 Å². The first-order valence-electron chi connectivity index (χ1n) is 21.3. The summed E-state index contributed by atoms with van der Waals surface area (Å²) in [6, 6.07) is 47.2. The van der Waals surface area contributed by atoms with Crippen LogP contribution in [-0.4, -0.2) is 0 Å². The second-order valence-electron chi connectivity index (χ2n) is 16.8. The average Bonchev–Trinajstić information content (AvgIpc) is 3.33. The van der Waals surface area contributed by atoms with Gasteiger partial charge >= 0.3 is 0 Å². The summed E-state index contributed by atoms with van der Waals surface area (Å²) in [5.41, 5.74) is 7.77. The fourth-order valence-corrected chi connectivity index (χ4v) is 9.22. The van der Waals surface area contributed by atoms with E-state index >= 15 is 17.6 Å². The molecule has 66 heavy (non-hydrogen) atoms. The molecular weight excluding hydrogens is 829 g/mol. The van der Waals surface area contributed by atoms with Crippen molar-refractivity contribution in [1.29, 1.82) is 5.26 Å². The Hall–Kier alpha value is -8.46. The van der Waals surface area contributed by atoms with Gasteiger partial charge < -0.3 is 9.80 Å². The molecule has 0 aromatic heterocycles. The number of benzene rings is 10. The minimum Gasteiger partial charge on any atom is -0.307 e. The monoisotopic (exact) mass is 866 g/mol. The standard InChI is InChI=1S/C58H38F4N4/c1-33-6-8-35(3)45(26-33)47-28-51(61)55(30-49(47)59)65(41-18-10-37(32-63)11-19-41)53-24-14-38-13-23-44-54(25-15-39-12-22-43(53)57(38)58(39)44)66(42-20-16-40(64-5)17-21-42)56-31-50(60)48(29-52(56)62)46-27-34(2)7-9-36(46)4/h6-31H,1-4H3. The van der Waals surface area contributed by atoms with Crippen molar-refractivity contribution >= 4 is 72.1 Å². The molecule has 0 saturated carbocycles. The Balaban J connectivity index is 1.20. The van der Waals surface area contributed by atoms with Gasteiger partial charge in [0.25, 0.3) is 0 Å². The molecule has 0 unspecified atom stereocenters. The smallest absolute Gasteiger partial charge is 0.187 e.